The largest absolute Gasteiger partial charge is 0.417 e. The van der Waals surface area contributed by atoms with Gasteiger partial charge in [-0.15, -0.1) is 0 Å². The van der Waals surface area contributed by atoms with Crippen molar-refractivity contribution in [3.05, 3.63) is 22.8 Å². The van der Waals surface area contributed by atoms with Crippen LogP contribution < -0.4 is 0 Å². The number of alkyl halides is 3. The van der Waals surface area contributed by atoms with Crippen LogP contribution >= 0.6 is 11.6 Å². The Morgan fingerprint density at radius 3 is 2.44 bits per heavy atom. The molecule has 0 aromatic heterocycles. The van der Waals surface area contributed by atoms with Gasteiger partial charge in [0.15, 0.2) is 11.4 Å². The molecule has 0 amide bonds. The molecule has 0 heterocycles. The van der Waals surface area contributed by atoms with E-state index in [0.717, 1.165) is 5.57 Å². The summed E-state index contributed by atoms with van der Waals surface area (Å²) in [6.45, 7) is 5.78. The number of rotatable bonds is 0. The number of aliphatic hydroxyl groups is 1. The fraction of sp³-hybridized carbons (Fsp3) is 0.762. The molecule has 6 heteroatoms. The van der Waals surface area contributed by atoms with Crippen LogP contribution in [0.15, 0.2) is 22.8 Å². The molecular weight excluding hydrogens is 377 g/mol. The Bertz CT molecular complexity index is 757. The van der Waals surface area contributed by atoms with Gasteiger partial charge in [0.05, 0.1) is 5.03 Å². The first kappa shape index (κ1) is 19.5. The molecule has 1 N–H and O–H groups in total. The minimum atomic E-state index is -4.61. The van der Waals surface area contributed by atoms with E-state index in [4.69, 9.17) is 11.6 Å². The quantitative estimate of drug-likeness (QED) is 0.589. The number of hydrogen-bond acceptors (Lipinski definition) is 2. The zero-order valence-electron chi connectivity index (χ0n) is 15.9. The van der Waals surface area contributed by atoms with E-state index in [0.29, 0.717) is 25.7 Å². The summed E-state index contributed by atoms with van der Waals surface area (Å²) < 4.78 is 41.4. The first-order chi connectivity index (χ1) is 12.4. The van der Waals surface area contributed by atoms with E-state index in [9.17, 15) is 23.1 Å². The smallest absolute Gasteiger partial charge is 0.380 e. The highest BCUT2D eigenvalue weighted by Gasteiger charge is 2.72. The first-order valence-electron chi connectivity index (χ1n) is 9.78. The summed E-state index contributed by atoms with van der Waals surface area (Å²) in [5, 5.41) is 11.0. The van der Waals surface area contributed by atoms with Crippen molar-refractivity contribution >= 4 is 17.4 Å². The fourth-order valence-electron chi connectivity index (χ4n) is 7.09. The Balaban J connectivity index is 1.77. The predicted molar refractivity (Wildman–Crippen MR) is 97.0 cm³/mol. The molecule has 2 unspecified atom stereocenters. The Kier molecular flexibility index (Phi) is 4.06. The van der Waals surface area contributed by atoms with Crippen LogP contribution in [-0.2, 0) is 4.79 Å². The van der Waals surface area contributed by atoms with Crippen molar-refractivity contribution in [3.63, 3.8) is 0 Å². The molecule has 0 aliphatic heterocycles. The first-order valence-corrected chi connectivity index (χ1v) is 10.2. The lowest BCUT2D eigenvalue weighted by Gasteiger charge is -2.60. The Morgan fingerprint density at radius 2 is 1.81 bits per heavy atom. The lowest BCUT2D eigenvalue weighted by molar-refractivity contribution is -0.303. The number of halogens is 4. The van der Waals surface area contributed by atoms with Gasteiger partial charge in [0.1, 0.15) is 0 Å². The van der Waals surface area contributed by atoms with Crippen molar-refractivity contribution in [1.29, 1.82) is 0 Å². The molecule has 0 radical (unpaired) electrons. The van der Waals surface area contributed by atoms with Gasteiger partial charge < -0.3 is 5.11 Å². The zero-order chi connectivity index (χ0) is 20.0. The van der Waals surface area contributed by atoms with Gasteiger partial charge in [-0.05, 0) is 67.4 Å². The van der Waals surface area contributed by atoms with Crippen LogP contribution in [0.5, 0.6) is 0 Å². The second-order valence-corrected chi connectivity index (χ2v) is 9.98. The summed E-state index contributed by atoms with van der Waals surface area (Å²) >= 11 is 6.36. The van der Waals surface area contributed by atoms with Crippen LogP contribution in [-0.4, -0.2) is 22.7 Å². The highest BCUT2D eigenvalue weighted by molar-refractivity contribution is 6.45. The molecule has 0 aromatic rings. The van der Waals surface area contributed by atoms with E-state index in [-0.39, 0.29) is 46.3 Å². The summed E-state index contributed by atoms with van der Waals surface area (Å²) in [5.41, 5.74) is -3.21. The molecule has 0 saturated heterocycles. The second-order valence-electron chi connectivity index (χ2n) is 9.60. The molecule has 150 valence electrons. The average Bonchev–Trinajstić information content (AvgIpc) is 2.86. The van der Waals surface area contributed by atoms with Gasteiger partial charge >= 0.3 is 6.18 Å². The van der Waals surface area contributed by atoms with Crippen LogP contribution in [0.4, 0.5) is 13.2 Å². The fourth-order valence-corrected chi connectivity index (χ4v) is 7.44. The normalized spacial score (nSPS) is 49.7. The third-order valence-corrected chi connectivity index (χ3v) is 9.03. The number of hydrogen-bond donors (Lipinski definition) is 1. The van der Waals surface area contributed by atoms with Crippen molar-refractivity contribution in [2.24, 2.45) is 34.5 Å². The van der Waals surface area contributed by atoms with Gasteiger partial charge in [0, 0.05) is 10.8 Å². The topological polar surface area (TPSA) is 37.3 Å². The lowest BCUT2D eigenvalue weighted by atomic mass is 9.45. The molecular formula is C21H26ClF3O2. The Morgan fingerprint density at radius 1 is 1.19 bits per heavy atom. The standard InChI is InChI=1S/C21H26ClF3O2/c1-11-10-14-17(22)15(26)6-7-18(14,2)12-4-8-19(3)13(16(11)12)5-9-20(19,27)21(23,24)25/h6-7,11-13,16,27H,4-5,8-10H2,1-3H3/t11?,12-,13+,16-,18-,19+,20?/m1/s1. The number of ketones is 1. The maximum atomic E-state index is 13.8. The highest BCUT2D eigenvalue weighted by Crippen LogP contribution is 2.70. The van der Waals surface area contributed by atoms with Crippen molar-refractivity contribution in [2.45, 2.75) is 64.7 Å². The van der Waals surface area contributed by atoms with Crippen molar-refractivity contribution in [3.8, 4) is 0 Å². The van der Waals surface area contributed by atoms with Crippen LogP contribution in [0.1, 0.15) is 52.9 Å². The minimum absolute atomic E-state index is 0.0798. The molecule has 4 rings (SSSR count). The van der Waals surface area contributed by atoms with Crippen LogP contribution in [0.3, 0.4) is 0 Å². The van der Waals surface area contributed by atoms with Crippen LogP contribution in [0.2, 0.25) is 0 Å². The van der Waals surface area contributed by atoms with Crippen molar-refractivity contribution < 1.29 is 23.1 Å². The SMILES string of the molecule is CC1CC2=C(Cl)C(=O)C=C[C@]2(C)[C@@H]2CC[C@@]3(C)[C@@H](CCC3(O)C(F)(F)F)[C@H]12. The van der Waals surface area contributed by atoms with Gasteiger partial charge in [-0.25, -0.2) is 0 Å². The Labute approximate surface area is 162 Å². The summed E-state index contributed by atoms with van der Waals surface area (Å²) in [4.78, 5) is 12.1. The average molecular weight is 403 g/mol. The van der Waals surface area contributed by atoms with E-state index in [1.54, 1.807) is 6.92 Å². The lowest BCUT2D eigenvalue weighted by Crippen LogP contribution is -2.60. The monoisotopic (exact) mass is 402 g/mol. The molecule has 2 nitrogen and oxygen atoms in total. The van der Waals surface area contributed by atoms with E-state index >= 15 is 0 Å². The number of allylic oxidation sites excluding steroid dienone is 4. The second kappa shape index (κ2) is 5.63. The van der Waals surface area contributed by atoms with Gasteiger partial charge in [0.2, 0.25) is 0 Å². The van der Waals surface area contributed by atoms with Gasteiger partial charge in [-0.1, -0.05) is 38.4 Å². The molecule has 3 saturated carbocycles. The van der Waals surface area contributed by atoms with Crippen molar-refractivity contribution in [2.75, 3.05) is 0 Å². The third kappa shape index (κ3) is 2.27. The van der Waals surface area contributed by atoms with Gasteiger partial charge in [0.25, 0.3) is 0 Å². The van der Waals surface area contributed by atoms with E-state index in [1.807, 2.05) is 6.08 Å². The van der Waals surface area contributed by atoms with Crippen LogP contribution in [0, 0.1) is 34.5 Å². The molecule has 0 spiro atoms. The Hall–Kier alpha value is -0.810. The minimum Gasteiger partial charge on any atom is -0.380 e. The highest BCUT2D eigenvalue weighted by atomic mass is 35.5. The van der Waals surface area contributed by atoms with Gasteiger partial charge in [-0.3, -0.25) is 4.79 Å². The molecule has 27 heavy (non-hydrogen) atoms. The summed E-state index contributed by atoms with van der Waals surface area (Å²) in [7, 11) is 0. The van der Waals surface area contributed by atoms with E-state index < -0.39 is 17.2 Å². The summed E-state index contributed by atoms with van der Waals surface area (Å²) in [5.74, 6) is -0.00524. The molecule has 0 bridgehead atoms. The number of fused-ring (bicyclic) bond motifs is 5. The number of carbonyl (C=O) groups excluding carboxylic acids is 1. The van der Waals surface area contributed by atoms with Crippen LogP contribution in [0.25, 0.3) is 0 Å². The maximum absolute atomic E-state index is 13.8. The third-order valence-electron chi connectivity index (χ3n) is 8.62. The molecule has 7 atom stereocenters. The van der Waals surface area contributed by atoms with E-state index in [2.05, 4.69) is 13.8 Å². The molecule has 4 aliphatic carbocycles. The maximum Gasteiger partial charge on any atom is 0.417 e. The van der Waals surface area contributed by atoms with Crippen molar-refractivity contribution in [1.82, 2.24) is 0 Å². The summed E-state index contributed by atoms with van der Waals surface area (Å²) in [6.07, 6.45) is 0.569. The number of carbonyl (C=O) groups is 1. The summed E-state index contributed by atoms with van der Waals surface area (Å²) in [6, 6.07) is 0. The molecule has 3 fully saturated rings. The molecule has 4 aliphatic rings. The van der Waals surface area contributed by atoms with Gasteiger partial charge in [-0.2, -0.15) is 13.2 Å². The zero-order valence-corrected chi connectivity index (χ0v) is 16.6. The predicted octanol–water partition coefficient (Wildman–Crippen LogP) is 5.40. The van der Waals surface area contributed by atoms with E-state index in [1.165, 1.54) is 6.08 Å². The molecule has 0 aromatic carbocycles.